The SMILES string of the molecule is Cc1ccc(C)c(NC(=O)CCNC2CCN(C(=O)c3ccccc3)CC2)c1. The van der Waals surface area contributed by atoms with E-state index in [0.29, 0.717) is 19.0 Å². The van der Waals surface area contributed by atoms with Crippen LogP contribution in [0, 0.1) is 13.8 Å². The number of nitrogens with zero attached hydrogens (tertiary/aromatic N) is 1. The van der Waals surface area contributed by atoms with Crippen molar-refractivity contribution in [2.75, 3.05) is 25.0 Å². The quantitative estimate of drug-likeness (QED) is 0.807. The van der Waals surface area contributed by atoms with E-state index in [0.717, 1.165) is 48.3 Å². The minimum absolute atomic E-state index is 0.0258. The second-order valence-corrected chi connectivity index (χ2v) is 7.50. The molecule has 0 atom stereocenters. The van der Waals surface area contributed by atoms with Gasteiger partial charge in [0.15, 0.2) is 0 Å². The maximum atomic E-state index is 12.5. The van der Waals surface area contributed by atoms with E-state index in [4.69, 9.17) is 0 Å². The van der Waals surface area contributed by atoms with Crippen LogP contribution in [0.15, 0.2) is 48.5 Å². The smallest absolute Gasteiger partial charge is 0.253 e. The summed E-state index contributed by atoms with van der Waals surface area (Å²) in [5.41, 5.74) is 3.84. The molecular formula is C23H29N3O2. The van der Waals surface area contributed by atoms with E-state index >= 15 is 0 Å². The Morgan fingerprint density at radius 3 is 2.46 bits per heavy atom. The number of likely N-dealkylation sites (tertiary alicyclic amines) is 1. The van der Waals surface area contributed by atoms with Crippen LogP contribution >= 0.6 is 0 Å². The van der Waals surface area contributed by atoms with Crippen LogP contribution in [-0.2, 0) is 4.79 Å². The van der Waals surface area contributed by atoms with Gasteiger partial charge >= 0.3 is 0 Å². The van der Waals surface area contributed by atoms with Crippen LogP contribution in [0.1, 0.15) is 40.7 Å². The van der Waals surface area contributed by atoms with Crippen molar-refractivity contribution < 1.29 is 9.59 Å². The van der Waals surface area contributed by atoms with Gasteiger partial charge in [0.05, 0.1) is 0 Å². The lowest BCUT2D eigenvalue weighted by Gasteiger charge is -2.32. The molecule has 1 saturated heterocycles. The van der Waals surface area contributed by atoms with Crippen LogP contribution in [0.2, 0.25) is 0 Å². The van der Waals surface area contributed by atoms with Gasteiger partial charge in [0, 0.05) is 43.3 Å². The topological polar surface area (TPSA) is 61.4 Å². The summed E-state index contributed by atoms with van der Waals surface area (Å²) in [6.45, 7) is 6.16. The highest BCUT2D eigenvalue weighted by Gasteiger charge is 2.23. The monoisotopic (exact) mass is 379 g/mol. The number of nitrogens with one attached hydrogen (secondary N) is 2. The Hall–Kier alpha value is -2.66. The summed E-state index contributed by atoms with van der Waals surface area (Å²) in [7, 11) is 0. The molecular weight excluding hydrogens is 350 g/mol. The molecule has 1 fully saturated rings. The molecule has 0 unspecified atom stereocenters. The minimum Gasteiger partial charge on any atom is -0.339 e. The highest BCUT2D eigenvalue weighted by molar-refractivity contribution is 5.94. The van der Waals surface area contributed by atoms with E-state index in [9.17, 15) is 9.59 Å². The third-order valence-electron chi connectivity index (χ3n) is 5.26. The Morgan fingerprint density at radius 1 is 1.04 bits per heavy atom. The number of aryl methyl sites for hydroxylation is 2. The van der Waals surface area contributed by atoms with Gasteiger partial charge in [0.1, 0.15) is 0 Å². The number of piperidine rings is 1. The molecule has 1 heterocycles. The molecule has 5 heteroatoms. The first kappa shape index (κ1) is 20.1. The maximum absolute atomic E-state index is 12.5. The van der Waals surface area contributed by atoms with Crippen molar-refractivity contribution in [1.82, 2.24) is 10.2 Å². The van der Waals surface area contributed by atoms with Crippen LogP contribution in [-0.4, -0.2) is 42.4 Å². The molecule has 2 aromatic rings. The third-order valence-corrected chi connectivity index (χ3v) is 5.26. The zero-order valence-corrected chi connectivity index (χ0v) is 16.7. The summed E-state index contributed by atoms with van der Waals surface area (Å²) < 4.78 is 0. The first-order chi connectivity index (χ1) is 13.5. The standard InChI is InChI=1S/C23H29N3O2/c1-17-8-9-18(2)21(16-17)25-22(27)10-13-24-20-11-14-26(15-12-20)23(28)19-6-4-3-5-7-19/h3-9,16,20,24H,10-15H2,1-2H3,(H,25,27). The first-order valence-electron chi connectivity index (χ1n) is 9.98. The number of hydrogen-bond acceptors (Lipinski definition) is 3. The summed E-state index contributed by atoms with van der Waals surface area (Å²) in [5, 5.41) is 6.46. The van der Waals surface area contributed by atoms with Crippen molar-refractivity contribution in [3.8, 4) is 0 Å². The maximum Gasteiger partial charge on any atom is 0.253 e. The molecule has 0 aliphatic carbocycles. The van der Waals surface area contributed by atoms with Crippen LogP contribution < -0.4 is 10.6 Å². The largest absolute Gasteiger partial charge is 0.339 e. The van der Waals surface area contributed by atoms with Crippen LogP contribution in [0.25, 0.3) is 0 Å². The Bertz CT molecular complexity index is 812. The summed E-state index contributed by atoms with van der Waals surface area (Å²) >= 11 is 0. The lowest BCUT2D eigenvalue weighted by atomic mass is 10.0. The fourth-order valence-electron chi connectivity index (χ4n) is 3.52. The van der Waals surface area contributed by atoms with Gasteiger partial charge in [-0.15, -0.1) is 0 Å². The van der Waals surface area contributed by atoms with E-state index in [1.54, 1.807) is 0 Å². The fourth-order valence-corrected chi connectivity index (χ4v) is 3.52. The highest BCUT2D eigenvalue weighted by atomic mass is 16.2. The van der Waals surface area contributed by atoms with Gasteiger partial charge in [-0.05, 0) is 56.0 Å². The van der Waals surface area contributed by atoms with Gasteiger partial charge in [-0.3, -0.25) is 9.59 Å². The molecule has 2 N–H and O–H groups in total. The van der Waals surface area contributed by atoms with Crippen LogP contribution in [0.5, 0.6) is 0 Å². The molecule has 2 aromatic carbocycles. The summed E-state index contributed by atoms with van der Waals surface area (Å²) in [4.78, 5) is 26.6. The Labute approximate surface area is 167 Å². The number of benzene rings is 2. The molecule has 0 radical (unpaired) electrons. The van der Waals surface area contributed by atoms with E-state index in [1.165, 1.54) is 0 Å². The molecule has 5 nitrogen and oxygen atoms in total. The summed E-state index contributed by atoms with van der Waals surface area (Å²) in [5.74, 6) is 0.129. The molecule has 148 valence electrons. The summed E-state index contributed by atoms with van der Waals surface area (Å²) in [6, 6.07) is 15.9. The van der Waals surface area contributed by atoms with Gasteiger partial charge in [-0.1, -0.05) is 30.3 Å². The van der Waals surface area contributed by atoms with Gasteiger partial charge in [0.25, 0.3) is 5.91 Å². The fraction of sp³-hybridized carbons (Fsp3) is 0.391. The van der Waals surface area contributed by atoms with Crippen LogP contribution in [0.4, 0.5) is 5.69 Å². The molecule has 2 amide bonds. The average Bonchev–Trinajstić information content (AvgIpc) is 2.71. The number of carbonyl (C=O) groups is 2. The molecule has 1 aliphatic heterocycles. The van der Waals surface area contributed by atoms with Crippen molar-refractivity contribution in [3.05, 3.63) is 65.2 Å². The first-order valence-corrected chi connectivity index (χ1v) is 9.98. The third kappa shape index (κ3) is 5.42. The van der Waals surface area contributed by atoms with E-state index in [1.807, 2.05) is 67.3 Å². The number of hydrogen-bond donors (Lipinski definition) is 2. The van der Waals surface area contributed by atoms with E-state index in [-0.39, 0.29) is 11.8 Å². The van der Waals surface area contributed by atoms with Crippen molar-refractivity contribution in [2.45, 2.75) is 39.2 Å². The molecule has 1 aliphatic rings. The number of carbonyl (C=O) groups excluding carboxylic acids is 2. The lowest BCUT2D eigenvalue weighted by Crippen LogP contribution is -2.45. The molecule has 0 saturated carbocycles. The number of anilines is 1. The second kappa shape index (κ2) is 9.51. The second-order valence-electron chi connectivity index (χ2n) is 7.50. The average molecular weight is 380 g/mol. The molecule has 3 rings (SSSR count). The predicted octanol–water partition coefficient (Wildman–Crippen LogP) is 3.53. The lowest BCUT2D eigenvalue weighted by molar-refractivity contribution is -0.116. The van der Waals surface area contributed by atoms with Crippen LogP contribution in [0.3, 0.4) is 0 Å². The highest BCUT2D eigenvalue weighted by Crippen LogP contribution is 2.17. The number of rotatable bonds is 6. The molecule has 0 aromatic heterocycles. The molecule has 0 spiro atoms. The molecule has 0 bridgehead atoms. The van der Waals surface area contributed by atoms with Gasteiger partial charge in [-0.25, -0.2) is 0 Å². The zero-order chi connectivity index (χ0) is 19.9. The van der Waals surface area contributed by atoms with Crippen molar-refractivity contribution in [3.63, 3.8) is 0 Å². The molecule has 28 heavy (non-hydrogen) atoms. The minimum atomic E-state index is 0.0258. The Balaban J connectivity index is 1.38. The zero-order valence-electron chi connectivity index (χ0n) is 16.7. The normalized spacial score (nSPS) is 14.7. The summed E-state index contributed by atoms with van der Waals surface area (Å²) in [6.07, 6.45) is 2.27. The van der Waals surface area contributed by atoms with E-state index < -0.39 is 0 Å². The van der Waals surface area contributed by atoms with E-state index in [2.05, 4.69) is 10.6 Å². The Morgan fingerprint density at radius 2 is 1.75 bits per heavy atom. The van der Waals surface area contributed by atoms with Crippen molar-refractivity contribution >= 4 is 17.5 Å². The van der Waals surface area contributed by atoms with Gasteiger partial charge in [-0.2, -0.15) is 0 Å². The van der Waals surface area contributed by atoms with Gasteiger partial charge in [0.2, 0.25) is 5.91 Å². The van der Waals surface area contributed by atoms with Gasteiger partial charge < -0.3 is 15.5 Å². The predicted molar refractivity (Wildman–Crippen MR) is 113 cm³/mol. The van der Waals surface area contributed by atoms with Crippen molar-refractivity contribution in [1.29, 1.82) is 0 Å². The number of amides is 2. The van der Waals surface area contributed by atoms with Crippen molar-refractivity contribution in [2.24, 2.45) is 0 Å². The Kier molecular flexibility index (Phi) is 6.82.